The van der Waals surface area contributed by atoms with Gasteiger partial charge in [0.25, 0.3) is 0 Å². The molecule has 1 amide bonds. The van der Waals surface area contributed by atoms with Gasteiger partial charge in [0.05, 0.1) is 0 Å². The second kappa shape index (κ2) is 7.67. The number of hydrogen-bond donors (Lipinski definition) is 2. The quantitative estimate of drug-likeness (QED) is 0.874. The average Bonchev–Trinajstić information content (AvgIpc) is 2.52. The second-order valence-electron chi connectivity index (χ2n) is 5.42. The van der Waals surface area contributed by atoms with Crippen LogP contribution in [0.3, 0.4) is 0 Å². The van der Waals surface area contributed by atoms with Crippen LogP contribution in [0.1, 0.15) is 37.7 Å². The summed E-state index contributed by atoms with van der Waals surface area (Å²) in [6.45, 7) is 0.143. The minimum Gasteiger partial charge on any atom is -0.480 e. The SMILES string of the molecule is O=C(NC(C(=O)O)C1CCCCC1)OCc1ccccc1. The standard InChI is InChI=1S/C16H21NO4/c18-15(19)14(13-9-5-2-6-10-13)17-16(20)21-11-12-7-3-1-4-8-12/h1,3-4,7-8,13-14H,2,5-6,9-11H2,(H,17,20)(H,18,19). The summed E-state index contributed by atoms with van der Waals surface area (Å²) in [5.41, 5.74) is 0.872. The van der Waals surface area contributed by atoms with Crippen LogP contribution in [0.25, 0.3) is 0 Å². The highest BCUT2D eigenvalue weighted by Gasteiger charge is 2.31. The Morgan fingerprint density at radius 1 is 1.19 bits per heavy atom. The number of rotatable bonds is 5. The molecule has 1 saturated carbocycles. The molecule has 0 bridgehead atoms. The van der Waals surface area contributed by atoms with Crippen LogP contribution in [0.2, 0.25) is 0 Å². The van der Waals surface area contributed by atoms with Crippen LogP contribution in [0.4, 0.5) is 4.79 Å². The van der Waals surface area contributed by atoms with E-state index in [-0.39, 0.29) is 12.5 Å². The molecule has 0 spiro atoms. The molecule has 1 aliphatic carbocycles. The Morgan fingerprint density at radius 3 is 2.48 bits per heavy atom. The number of amides is 1. The maximum absolute atomic E-state index is 11.8. The number of alkyl carbamates (subject to hydrolysis) is 1. The largest absolute Gasteiger partial charge is 0.480 e. The van der Waals surface area contributed by atoms with Gasteiger partial charge in [0, 0.05) is 0 Å². The summed E-state index contributed by atoms with van der Waals surface area (Å²) in [4.78, 5) is 23.1. The summed E-state index contributed by atoms with van der Waals surface area (Å²) in [6.07, 6.45) is 4.20. The van der Waals surface area contributed by atoms with Gasteiger partial charge in [-0.2, -0.15) is 0 Å². The number of carbonyl (C=O) groups excluding carboxylic acids is 1. The Labute approximate surface area is 124 Å². The highest BCUT2D eigenvalue weighted by molar-refractivity contribution is 5.80. The molecule has 1 atom stereocenters. The summed E-state index contributed by atoms with van der Waals surface area (Å²) in [5, 5.41) is 11.8. The zero-order valence-corrected chi connectivity index (χ0v) is 12.0. The van der Waals surface area contributed by atoms with E-state index in [1.54, 1.807) is 0 Å². The molecule has 1 aromatic carbocycles. The van der Waals surface area contributed by atoms with E-state index in [1.165, 1.54) is 0 Å². The van der Waals surface area contributed by atoms with Crippen molar-refractivity contribution in [1.82, 2.24) is 5.32 Å². The highest BCUT2D eigenvalue weighted by atomic mass is 16.5. The third-order valence-electron chi connectivity index (χ3n) is 3.87. The number of benzene rings is 1. The number of carboxylic acids is 1. The fourth-order valence-electron chi connectivity index (χ4n) is 2.74. The summed E-state index contributed by atoms with van der Waals surface area (Å²) in [6, 6.07) is 8.45. The van der Waals surface area contributed by atoms with Crippen molar-refractivity contribution in [2.45, 2.75) is 44.8 Å². The first-order chi connectivity index (χ1) is 10.2. The van der Waals surface area contributed by atoms with Gasteiger partial charge in [0.2, 0.25) is 0 Å². The van der Waals surface area contributed by atoms with E-state index in [0.29, 0.717) is 0 Å². The minimum absolute atomic E-state index is 0.000486. The number of aliphatic carboxylic acids is 1. The molecular weight excluding hydrogens is 270 g/mol. The lowest BCUT2D eigenvalue weighted by molar-refractivity contribution is -0.141. The van der Waals surface area contributed by atoms with Crippen LogP contribution in [0.15, 0.2) is 30.3 Å². The summed E-state index contributed by atoms with van der Waals surface area (Å²) >= 11 is 0. The van der Waals surface area contributed by atoms with Crippen molar-refractivity contribution in [2.75, 3.05) is 0 Å². The minimum atomic E-state index is -0.987. The summed E-state index contributed by atoms with van der Waals surface area (Å²) < 4.78 is 5.09. The Morgan fingerprint density at radius 2 is 1.86 bits per heavy atom. The molecule has 0 heterocycles. The third-order valence-corrected chi connectivity index (χ3v) is 3.87. The van der Waals surface area contributed by atoms with Crippen LogP contribution < -0.4 is 5.32 Å². The average molecular weight is 291 g/mol. The molecule has 0 aromatic heterocycles. The molecule has 1 fully saturated rings. The topological polar surface area (TPSA) is 75.6 Å². The van der Waals surface area contributed by atoms with Gasteiger partial charge in [-0.3, -0.25) is 0 Å². The van der Waals surface area contributed by atoms with E-state index >= 15 is 0 Å². The van der Waals surface area contributed by atoms with Gasteiger partial charge in [-0.05, 0) is 24.3 Å². The molecule has 0 saturated heterocycles. The maximum atomic E-state index is 11.8. The third kappa shape index (κ3) is 4.77. The maximum Gasteiger partial charge on any atom is 0.408 e. The van der Waals surface area contributed by atoms with E-state index in [1.807, 2.05) is 30.3 Å². The zero-order chi connectivity index (χ0) is 15.1. The zero-order valence-electron chi connectivity index (χ0n) is 12.0. The van der Waals surface area contributed by atoms with Gasteiger partial charge in [-0.25, -0.2) is 9.59 Å². The van der Waals surface area contributed by atoms with Crippen molar-refractivity contribution in [2.24, 2.45) is 5.92 Å². The molecule has 114 valence electrons. The molecule has 21 heavy (non-hydrogen) atoms. The monoisotopic (exact) mass is 291 g/mol. The predicted octanol–water partition coefficient (Wildman–Crippen LogP) is 2.95. The molecule has 2 rings (SSSR count). The molecule has 1 unspecified atom stereocenters. The van der Waals surface area contributed by atoms with Crippen LogP contribution in [-0.4, -0.2) is 23.2 Å². The van der Waals surface area contributed by atoms with Crippen LogP contribution in [0.5, 0.6) is 0 Å². The smallest absolute Gasteiger partial charge is 0.408 e. The number of ether oxygens (including phenoxy) is 1. The number of carboxylic acid groups (broad SMARTS) is 1. The van der Waals surface area contributed by atoms with Gasteiger partial charge in [0.1, 0.15) is 12.6 Å². The highest BCUT2D eigenvalue weighted by Crippen LogP contribution is 2.26. The summed E-state index contributed by atoms with van der Waals surface area (Å²) in [5.74, 6) is -0.987. The lowest BCUT2D eigenvalue weighted by Crippen LogP contribution is -2.46. The molecule has 5 nitrogen and oxygen atoms in total. The Hall–Kier alpha value is -2.04. The lowest BCUT2D eigenvalue weighted by atomic mass is 9.84. The number of carbonyl (C=O) groups is 2. The molecule has 1 aliphatic rings. The Balaban J connectivity index is 1.84. The van der Waals surface area contributed by atoms with Crippen molar-refractivity contribution in [3.8, 4) is 0 Å². The van der Waals surface area contributed by atoms with Crippen molar-refractivity contribution in [3.05, 3.63) is 35.9 Å². The normalized spacial score (nSPS) is 17.0. The van der Waals surface area contributed by atoms with Crippen molar-refractivity contribution in [3.63, 3.8) is 0 Å². The van der Waals surface area contributed by atoms with E-state index in [0.717, 1.165) is 37.7 Å². The van der Waals surface area contributed by atoms with Gasteiger partial charge in [-0.1, -0.05) is 49.6 Å². The van der Waals surface area contributed by atoms with Crippen molar-refractivity contribution >= 4 is 12.1 Å². The molecule has 0 aliphatic heterocycles. The van der Waals surface area contributed by atoms with Gasteiger partial charge >= 0.3 is 12.1 Å². The molecule has 0 radical (unpaired) electrons. The van der Waals surface area contributed by atoms with Crippen LogP contribution in [-0.2, 0) is 16.1 Å². The van der Waals surface area contributed by atoms with Crippen LogP contribution in [0, 0.1) is 5.92 Å². The lowest BCUT2D eigenvalue weighted by Gasteiger charge is -2.27. The van der Waals surface area contributed by atoms with Crippen LogP contribution >= 0.6 is 0 Å². The molecular formula is C16H21NO4. The van der Waals surface area contributed by atoms with Gasteiger partial charge in [-0.15, -0.1) is 0 Å². The second-order valence-corrected chi connectivity index (χ2v) is 5.42. The first kappa shape index (κ1) is 15.4. The predicted molar refractivity (Wildman–Crippen MR) is 77.8 cm³/mol. The van der Waals surface area contributed by atoms with Gasteiger partial charge in [0.15, 0.2) is 0 Å². The molecule has 1 aromatic rings. The van der Waals surface area contributed by atoms with E-state index < -0.39 is 18.1 Å². The number of hydrogen-bond acceptors (Lipinski definition) is 3. The van der Waals surface area contributed by atoms with Gasteiger partial charge < -0.3 is 15.2 Å². The van der Waals surface area contributed by atoms with Crippen molar-refractivity contribution < 1.29 is 19.4 Å². The molecule has 2 N–H and O–H groups in total. The van der Waals surface area contributed by atoms with E-state index in [9.17, 15) is 14.7 Å². The Bertz CT molecular complexity index is 468. The van der Waals surface area contributed by atoms with Crippen molar-refractivity contribution in [1.29, 1.82) is 0 Å². The summed E-state index contributed by atoms with van der Waals surface area (Å²) in [7, 11) is 0. The number of nitrogens with one attached hydrogen (secondary N) is 1. The first-order valence-corrected chi connectivity index (χ1v) is 7.37. The first-order valence-electron chi connectivity index (χ1n) is 7.37. The van der Waals surface area contributed by atoms with E-state index in [4.69, 9.17) is 4.74 Å². The Kier molecular flexibility index (Phi) is 5.60. The van der Waals surface area contributed by atoms with E-state index in [2.05, 4.69) is 5.32 Å². The fourth-order valence-corrected chi connectivity index (χ4v) is 2.74. The molecule has 5 heteroatoms. The fraction of sp³-hybridized carbons (Fsp3) is 0.500.